The van der Waals surface area contributed by atoms with E-state index in [9.17, 15) is 4.79 Å². The van der Waals surface area contributed by atoms with Crippen LogP contribution < -0.4 is 20.1 Å². The first-order chi connectivity index (χ1) is 11.6. The number of anilines is 1. The predicted octanol–water partition coefficient (Wildman–Crippen LogP) is 3.61. The van der Waals surface area contributed by atoms with Crippen molar-refractivity contribution in [3.8, 4) is 11.5 Å². The Balaban J connectivity index is 1.64. The quantitative estimate of drug-likeness (QED) is 0.698. The number of hydrogen-bond donors (Lipinski definition) is 2. The number of benzene rings is 2. The van der Waals surface area contributed by atoms with Gasteiger partial charge in [0, 0.05) is 18.8 Å². The van der Waals surface area contributed by atoms with Crippen LogP contribution in [0.3, 0.4) is 0 Å². The number of nitrogens with one attached hydrogen (secondary N) is 2. The van der Waals surface area contributed by atoms with Gasteiger partial charge in [-0.2, -0.15) is 0 Å². The standard InChI is InChI=1S/C17H18Cl2N2O3/c1-20-12-2-4-13(5-3-12)24-11-17(22)21-8-9-23-14-6-7-15(18)16(19)10-14/h2-7,10,20H,8-9,11H2,1H3,(H,21,22). The lowest BCUT2D eigenvalue weighted by molar-refractivity contribution is -0.123. The summed E-state index contributed by atoms with van der Waals surface area (Å²) < 4.78 is 10.9. The largest absolute Gasteiger partial charge is 0.492 e. The van der Waals surface area contributed by atoms with Crippen molar-refractivity contribution in [1.82, 2.24) is 5.32 Å². The van der Waals surface area contributed by atoms with Crippen LogP contribution in [-0.2, 0) is 4.79 Å². The predicted molar refractivity (Wildman–Crippen MR) is 96.5 cm³/mol. The van der Waals surface area contributed by atoms with Gasteiger partial charge in [0.05, 0.1) is 16.6 Å². The van der Waals surface area contributed by atoms with E-state index < -0.39 is 0 Å². The fraction of sp³-hybridized carbons (Fsp3) is 0.235. The van der Waals surface area contributed by atoms with Gasteiger partial charge < -0.3 is 20.1 Å². The molecule has 0 bridgehead atoms. The van der Waals surface area contributed by atoms with E-state index in [0.717, 1.165) is 5.69 Å². The molecule has 5 nitrogen and oxygen atoms in total. The fourth-order valence-electron chi connectivity index (χ4n) is 1.84. The lowest BCUT2D eigenvalue weighted by Gasteiger charge is -2.10. The summed E-state index contributed by atoms with van der Waals surface area (Å²) in [5, 5.41) is 6.62. The normalized spacial score (nSPS) is 10.1. The average Bonchev–Trinajstić information content (AvgIpc) is 2.60. The molecule has 0 aromatic heterocycles. The highest BCUT2D eigenvalue weighted by Crippen LogP contribution is 2.26. The molecule has 0 spiro atoms. The third-order valence-electron chi connectivity index (χ3n) is 3.10. The molecular formula is C17H18Cl2N2O3. The maximum absolute atomic E-state index is 11.7. The number of hydrogen-bond acceptors (Lipinski definition) is 4. The molecule has 0 fully saturated rings. The Hall–Kier alpha value is -2.11. The molecule has 0 saturated carbocycles. The van der Waals surface area contributed by atoms with Crippen LogP contribution in [0.4, 0.5) is 5.69 Å². The summed E-state index contributed by atoms with van der Waals surface area (Å²) in [4.78, 5) is 11.7. The molecule has 0 heterocycles. The molecule has 0 aliphatic carbocycles. The Morgan fingerprint density at radius 1 is 1.00 bits per heavy atom. The van der Waals surface area contributed by atoms with Gasteiger partial charge in [-0.05, 0) is 36.4 Å². The smallest absolute Gasteiger partial charge is 0.258 e. The number of carbonyl (C=O) groups is 1. The Morgan fingerprint density at radius 2 is 1.71 bits per heavy atom. The van der Waals surface area contributed by atoms with Crippen LogP contribution in [0.1, 0.15) is 0 Å². The number of rotatable bonds is 8. The fourth-order valence-corrected chi connectivity index (χ4v) is 2.13. The first kappa shape index (κ1) is 18.2. The highest BCUT2D eigenvalue weighted by molar-refractivity contribution is 6.42. The minimum Gasteiger partial charge on any atom is -0.492 e. The van der Waals surface area contributed by atoms with Crippen molar-refractivity contribution in [2.24, 2.45) is 0 Å². The van der Waals surface area contributed by atoms with E-state index in [2.05, 4.69) is 10.6 Å². The van der Waals surface area contributed by atoms with Gasteiger partial charge in [0.1, 0.15) is 18.1 Å². The van der Waals surface area contributed by atoms with Crippen LogP contribution in [0, 0.1) is 0 Å². The summed E-state index contributed by atoms with van der Waals surface area (Å²) in [7, 11) is 1.84. The molecule has 0 aliphatic rings. The Kier molecular flexibility index (Phi) is 7.03. The van der Waals surface area contributed by atoms with Gasteiger partial charge in [-0.3, -0.25) is 4.79 Å². The van der Waals surface area contributed by atoms with Gasteiger partial charge in [-0.25, -0.2) is 0 Å². The summed E-state index contributed by atoms with van der Waals surface area (Å²) in [6.07, 6.45) is 0. The van der Waals surface area contributed by atoms with E-state index >= 15 is 0 Å². The highest BCUT2D eigenvalue weighted by Gasteiger charge is 2.04. The summed E-state index contributed by atoms with van der Waals surface area (Å²) in [5.74, 6) is 1.01. The maximum Gasteiger partial charge on any atom is 0.258 e. The maximum atomic E-state index is 11.7. The second-order valence-electron chi connectivity index (χ2n) is 4.84. The topological polar surface area (TPSA) is 59.6 Å². The van der Waals surface area contributed by atoms with Crippen molar-refractivity contribution in [3.05, 3.63) is 52.5 Å². The van der Waals surface area contributed by atoms with Crippen molar-refractivity contribution < 1.29 is 14.3 Å². The van der Waals surface area contributed by atoms with Crippen molar-refractivity contribution in [2.45, 2.75) is 0 Å². The molecule has 128 valence electrons. The van der Waals surface area contributed by atoms with Gasteiger partial charge >= 0.3 is 0 Å². The molecule has 0 radical (unpaired) electrons. The molecule has 0 aliphatic heterocycles. The third kappa shape index (κ3) is 5.83. The molecule has 2 N–H and O–H groups in total. The second kappa shape index (κ2) is 9.25. The molecule has 24 heavy (non-hydrogen) atoms. The van der Waals surface area contributed by atoms with Crippen molar-refractivity contribution in [3.63, 3.8) is 0 Å². The van der Waals surface area contributed by atoms with Gasteiger partial charge in [0.15, 0.2) is 6.61 Å². The van der Waals surface area contributed by atoms with Crippen LogP contribution >= 0.6 is 23.2 Å². The minimum absolute atomic E-state index is 0.0499. The second-order valence-corrected chi connectivity index (χ2v) is 5.65. The SMILES string of the molecule is CNc1ccc(OCC(=O)NCCOc2ccc(Cl)c(Cl)c2)cc1. The number of halogens is 2. The molecule has 1 amide bonds. The average molecular weight is 369 g/mol. The first-order valence-corrected chi connectivity index (χ1v) is 8.09. The minimum atomic E-state index is -0.217. The third-order valence-corrected chi connectivity index (χ3v) is 3.84. The van der Waals surface area contributed by atoms with Crippen LogP contribution in [0.2, 0.25) is 10.0 Å². The van der Waals surface area contributed by atoms with E-state index in [1.807, 2.05) is 19.2 Å². The van der Waals surface area contributed by atoms with Gasteiger partial charge in [0.2, 0.25) is 0 Å². The summed E-state index contributed by atoms with van der Waals surface area (Å²) in [6, 6.07) is 12.3. The summed E-state index contributed by atoms with van der Waals surface area (Å²) in [5.41, 5.74) is 0.978. The van der Waals surface area contributed by atoms with E-state index in [-0.39, 0.29) is 12.5 Å². The summed E-state index contributed by atoms with van der Waals surface area (Å²) >= 11 is 11.7. The van der Waals surface area contributed by atoms with Crippen LogP contribution in [-0.4, -0.2) is 32.7 Å². The van der Waals surface area contributed by atoms with Gasteiger partial charge in [0.25, 0.3) is 5.91 Å². The Bertz CT molecular complexity index is 678. The molecule has 7 heteroatoms. The first-order valence-electron chi connectivity index (χ1n) is 7.33. The lowest BCUT2D eigenvalue weighted by atomic mass is 10.3. The Morgan fingerprint density at radius 3 is 2.38 bits per heavy atom. The van der Waals surface area contributed by atoms with E-state index in [1.54, 1.807) is 30.3 Å². The van der Waals surface area contributed by atoms with E-state index in [1.165, 1.54) is 0 Å². The number of amides is 1. The Labute approximate surface area is 150 Å². The van der Waals surface area contributed by atoms with Crippen molar-refractivity contribution >= 4 is 34.8 Å². The summed E-state index contributed by atoms with van der Waals surface area (Å²) in [6.45, 7) is 0.632. The van der Waals surface area contributed by atoms with Crippen LogP contribution in [0.15, 0.2) is 42.5 Å². The molecule has 0 unspecified atom stereocenters. The monoisotopic (exact) mass is 368 g/mol. The van der Waals surface area contributed by atoms with E-state index in [4.69, 9.17) is 32.7 Å². The van der Waals surface area contributed by atoms with Gasteiger partial charge in [-0.15, -0.1) is 0 Å². The lowest BCUT2D eigenvalue weighted by Crippen LogP contribution is -2.32. The van der Waals surface area contributed by atoms with Crippen LogP contribution in [0.25, 0.3) is 0 Å². The van der Waals surface area contributed by atoms with Crippen molar-refractivity contribution in [2.75, 3.05) is 32.1 Å². The zero-order valence-corrected chi connectivity index (χ0v) is 14.7. The highest BCUT2D eigenvalue weighted by atomic mass is 35.5. The molecule has 2 aromatic carbocycles. The van der Waals surface area contributed by atoms with Crippen molar-refractivity contribution in [1.29, 1.82) is 0 Å². The molecule has 0 saturated heterocycles. The van der Waals surface area contributed by atoms with E-state index in [0.29, 0.717) is 34.7 Å². The zero-order chi connectivity index (χ0) is 17.4. The van der Waals surface area contributed by atoms with Gasteiger partial charge in [-0.1, -0.05) is 23.2 Å². The number of carbonyl (C=O) groups excluding carboxylic acids is 1. The molecular weight excluding hydrogens is 351 g/mol. The van der Waals surface area contributed by atoms with Crippen LogP contribution in [0.5, 0.6) is 11.5 Å². The molecule has 2 aromatic rings. The molecule has 2 rings (SSSR count). The molecule has 0 atom stereocenters. The number of ether oxygens (including phenoxy) is 2. The zero-order valence-electron chi connectivity index (χ0n) is 13.1.